The second kappa shape index (κ2) is 3.05. The van der Waals surface area contributed by atoms with Gasteiger partial charge in [0.1, 0.15) is 0 Å². The molecule has 0 aliphatic heterocycles. The van der Waals surface area contributed by atoms with Gasteiger partial charge < -0.3 is 0 Å². The lowest BCUT2D eigenvalue weighted by atomic mass is 10.3. The molecule has 1 aromatic rings. The highest BCUT2D eigenvalue weighted by molar-refractivity contribution is 14.1. The van der Waals surface area contributed by atoms with Gasteiger partial charge >= 0.3 is 0 Å². The van der Waals surface area contributed by atoms with Gasteiger partial charge in [-0.05, 0) is 42.5 Å². The van der Waals surface area contributed by atoms with Gasteiger partial charge in [-0.3, -0.25) is 4.98 Å². The van der Waals surface area contributed by atoms with Crippen molar-refractivity contribution in [2.45, 2.75) is 13.8 Å². The van der Waals surface area contributed by atoms with E-state index in [9.17, 15) is 0 Å². The number of aryl methyl sites for hydroxylation is 2. The molecule has 0 N–H and O–H groups in total. The molecule has 0 saturated carbocycles. The van der Waals surface area contributed by atoms with Gasteiger partial charge in [0, 0.05) is 5.69 Å². The maximum atomic E-state index is 5.87. The number of rotatable bonds is 0. The molecule has 3 heteroatoms. The van der Waals surface area contributed by atoms with E-state index in [2.05, 4.69) is 27.6 Å². The third-order valence-electron chi connectivity index (χ3n) is 1.21. The van der Waals surface area contributed by atoms with Crippen LogP contribution in [0.4, 0.5) is 0 Å². The van der Waals surface area contributed by atoms with Crippen LogP contribution in [0.3, 0.4) is 0 Å². The third kappa shape index (κ3) is 1.61. The molecular formula is C7H7ClIN. The van der Waals surface area contributed by atoms with Gasteiger partial charge in [-0.15, -0.1) is 0 Å². The molecule has 10 heavy (non-hydrogen) atoms. The summed E-state index contributed by atoms with van der Waals surface area (Å²) in [4.78, 5) is 4.24. The summed E-state index contributed by atoms with van der Waals surface area (Å²) < 4.78 is 1.05. The van der Waals surface area contributed by atoms with Gasteiger partial charge in [0.25, 0.3) is 0 Å². The Kier molecular flexibility index (Phi) is 2.52. The number of hydrogen-bond acceptors (Lipinski definition) is 1. The van der Waals surface area contributed by atoms with E-state index in [0.29, 0.717) is 0 Å². The first-order valence-corrected chi connectivity index (χ1v) is 4.36. The number of nitrogens with zero attached hydrogens (tertiary/aromatic N) is 1. The largest absolute Gasteiger partial charge is 0.257 e. The summed E-state index contributed by atoms with van der Waals surface area (Å²) in [7, 11) is 0. The standard InChI is InChI=1S/C7H7ClIN/c1-4-3-6(8)7(9)5(2)10-4/h3H,1-2H3. The molecule has 0 saturated heterocycles. The van der Waals surface area contributed by atoms with Crippen molar-refractivity contribution in [3.63, 3.8) is 0 Å². The molecule has 54 valence electrons. The van der Waals surface area contributed by atoms with Gasteiger partial charge in [0.2, 0.25) is 0 Å². The van der Waals surface area contributed by atoms with Gasteiger partial charge in [0.05, 0.1) is 14.3 Å². The van der Waals surface area contributed by atoms with E-state index in [4.69, 9.17) is 11.6 Å². The van der Waals surface area contributed by atoms with Crippen molar-refractivity contribution in [2.24, 2.45) is 0 Å². The molecule has 0 spiro atoms. The van der Waals surface area contributed by atoms with Crippen LogP contribution in [-0.4, -0.2) is 4.98 Å². The number of aromatic nitrogens is 1. The van der Waals surface area contributed by atoms with E-state index < -0.39 is 0 Å². The lowest BCUT2D eigenvalue weighted by molar-refractivity contribution is 1.11. The quantitative estimate of drug-likeness (QED) is 0.659. The van der Waals surface area contributed by atoms with Crippen molar-refractivity contribution in [3.8, 4) is 0 Å². The second-order valence-corrected chi connectivity index (χ2v) is 3.63. The first-order chi connectivity index (χ1) is 4.61. The van der Waals surface area contributed by atoms with Gasteiger partial charge in [-0.2, -0.15) is 0 Å². The van der Waals surface area contributed by atoms with Crippen LogP contribution in [0.2, 0.25) is 5.02 Å². The highest BCUT2D eigenvalue weighted by Gasteiger charge is 2.01. The first-order valence-electron chi connectivity index (χ1n) is 2.90. The Hall–Kier alpha value is 0.170. The normalized spacial score (nSPS) is 10.0. The summed E-state index contributed by atoms with van der Waals surface area (Å²) in [5.74, 6) is 0. The Morgan fingerprint density at radius 3 is 2.60 bits per heavy atom. The third-order valence-corrected chi connectivity index (χ3v) is 3.19. The van der Waals surface area contributed by atoms with Crippen LogP contribution in [-0.2, 0) is 0 Å². The van der Waals surface area contributed by atoms with Crippen LogP contribution < -0.4 is 0 Å². The summed E-state index contributed by atoms with van der Waals surface area (Å²) >= 11 is 8.06. The molecule has 1 rings (SSSR count). The lowest BCUT2D eigenvalue weighted by Gasteiger charge is -2.00. The minimum Gasteiger partial charge on any atom is -0.257 e. The van der Waals surface area contributed by atoms with E-state index >= 15 is 0 Å². The summed E-state index contributed by atoms with van der Waals surface area (Å²) in [6.07, 6.45) is 0. The highest BCUT2D eigenvalue weighted by Crippen LogP contribution is 2.20. The van der Waals surface area contributed by atoms with Crippen LogP contribution in [0, 0.1) is 17.4 Å². The maximum Gasteiger partial charge on any atom is 0.0575 e. The Morgan fingerprint density at radius 2 is 2.10 bits per heavy atom. The Morgan fingerprint density at radius 1 is 1.50 bits per heavy atom. The Labute approximate surface area is 78.9 Å². The molecule has 0 atom stereocenters. The zero-order chi connectivity index (χ0) is 7.72. The zero-order valence-electron chi connectivity index (χ0n) is 5.78. The van der Waals surface area contributed by atoms with Gasteiger partial charge in [-0.1, -0.05) is 11.6 Å². The lowest BCUT2D eigenvalue weighted by Crippen LogP contribution is -1.89. The highest BCUT2D eigenvalue weighted by atomic mass is 127. The molecule has 0 amide bonds. The summed E-state index contributed by atoms with van der Waals surface area (Å²) in [5, 5.41) is 0.797. The molecule has 0 bridgehead atoms. The van der Waals surface area contributed by atoms with E-state index in [1.807, 2.05) is 19.9 Å². The van der Waals surface area contributed by atoms with Crippen molar-refractivity contribution in [2.75, 3.05) is 0 Å². The average Bonchev–Trinajstić information content (AvgIpc) is 1.82. The summed E-state index contributed by atoms with van der Waals surface area (Å²) in [6.45, 7) is 3.90. The van der Waals surface area contributed by atoms with Crippen molar-refractivity contribution in [3.05, 3.63) is 26.0 Å². The maximum absolute atomic E-state index is 5.87. The molecule has 1 nitrogen and oxygen atoms in total. The molecule has 0 fully saturated rings. The molecule has 0 radical (unpaired) electrons. The Bertz CT molecular complexity index is 237. The topological polar surface area (TPSA) is 12.9 Å². The van der Waals surface area contributed by atoms with Crippen LogP contribution in [0.15, 0.2) is 6.07 Å². The smallest absolute Gasteiger partial charge is 0.0575 e. The molecule has 0 aliphatic rings. The number of pyridine rings is 1. The molecular weight excluding hydrogens is 260 g/mol. The molecule has 0 aromatic carbocycles. The van der Waals surface area contributed by atoms with Crippen LogP contribution in [0.25, 0.3) is 0 Å². The first kappa shape index (κ1) is 8.27. The molecule has 0 unspecified atom stereocenters. The van der Waals surface area contributed by atoms with Crippen molar-refractivity contribution >= 4 is 34.2 Å². The molecule has 1 heterocycles. The minimum absolute atomic E-state index is 0.797. The predicted molar refractivity (Wildman–Crippen MR) is 51.4 cm³/mol. The molecule has 0 aliphatic carbocycles. The zero-order valence-corrected chi connectivity index (χ0v) is 8.69. The monoisotopic (exact) mass is 267 g/mol. The second-order valence-electron chi connectivity index (χ2n) is 2.14. The van der Waals surface area contributed by atoms with E-state index in [1.54, 1.807) is 0 Å². The van der Waals surface area contributed by atoms with Crippen LogP contribution in [0.1, 0.15) is 11.4 Å². The summed E-state index contributed by atoms with van der Waals surface area (Å²) in [5.41, 5.74) is 1.98. The minimum atomic E-state index is 0.797. The number of halogens is 2. The Balaban J connectivity index is 3.31. The molecule has 1 aromatic heterocycles. The van der Waals surface area contributed by atoms with Crippen LogP contribution >= 0.6 is 34.2 Å². The fourth-order valence-corrected chi connectivity index (χ4v) is 1.34. The van der Waals surface area contributed by atoms with Crippen molar-refractivity contribution in [1.82, 2.24) is 4.98 Å². The van der Waals surface area contributed by atoms with Crippen molar-refractivity contribution in [1.29, 1.82) is 0 Å². The van der Waals surface area contributed by atoms with E-state index in [0.717, 1.165) is 20.0 Å². The van der Waals surface area contributed by atoms with Gasteiger partial charge in [0.15, 0.2) is 0 Å². The van der Waals surface area contributed by atoms with E-state index in [1.165, 1.54) is 0 Å². The van der Waals surface area contributed by atoms with E-state index in [-0.39, 0.29) is 0 Å². The summed E-state index contributed by atoms with van der Waals surface area (Å²) in [6, 6.07) is 1.87. The fraction of sp³-hybridized carbons (Fsp3) is 0.286. The number of hydrogen-bond donors (Lipinski definition) is 0. The van der Waals surface area contributed by atoms with Gasteiger partial charge in [-0.25, -0.2) is 0 Å². The van der Waals surface area contributed by atoms with Crippen LogP contribution in [0.5, 0.6) is 0 Å². The predicted octanol–water partition coefficient (Wildman–Crippen LogP) is 2.96. The fourth-order valence-electron chi connectivity index (χ4n) is 0.765. The SMILES string of the molecule is Cc1cc(Cl)c(I)c(C)n1. The average molecular weight is 267 g/mol. The van der Waals surface area contributed by atoms with Crippen molar-refractivity contribution < 1.29 is 0 Å².